The monoisotopic (exact) mass is 398 g/mol. The molecule has 5 nitrogen and oxygen atoms in total. The van der Waals surface area contributed by atoms with Gasteiger partial charge in [0.15, 0.2) is 0 Å². The predicted molar refractivity (Wildman–Crippen MR) is 103 cm³/mol. The zero-order valence-electron chi connectivity index (χ0n) is 15.5. The Labute approximate surface area is 164 Å². The average molecular weight is 398 g/mol. The van der Waals surface area contributed by atoms with E-state index in [1.807, 2.05) is 0 Å². The molecule has 0 saturated heterocycles. The van der Waals surface area contributed by atoms with Gasteiger partial charge in [0.1, 0.15) is 17.5 Å². The molecule has 0 aliphatic rings. The quantitative estimate of drug-likeness (QED) is 0.535. The second kappa shape index (κ2) is 7.46. The van der Waals surface area contributed by atoms with Crippen LogP contribution in [0.1, 0.15) is 15.9 Å². The van der Waals surface area contributed by atoms with E-state index >= 15 is 0 Å². The first-order chi connectivity index (χ1) is 13.9. The Bertz CT molecular complexity index is 1190. The number of amides is 1. The average Bonchev–Trinajstić information content (AvgIpc) is 3.27. The Morgan fingerprint density at radius 3 is 2.59 bits per heavy atom. The zero-order chi connectivity index (χ0) is 20.5. The number of H-pyrrole nitrogens is 1. The van der Waals surface area contributed by atoms with E-state index in [1.54, 1.807) is 25.4 Å². The molecule has 0 aliphatic carbocycles. The van der Waals surface area contributed by atoms with Gasteiger partial charge in [-0.15, -0.1) is 0 Å². The fourth-order valence-electron chi connectivity index (χ4n) is 3.34. The molecule has 0 atom stereocenters. The van der Waals surface area contributed by atoms with Crippen molar-refractivity contribution in [1.29, 1.82) is 0 Å². The summed E-state index contributed by atoms with van der Waals surface area (Å²) in [6.45, 7) is 0.243. The molecule has 0 fully saturated rings. The molecular formula is C21H17F3N4O. The Balaban J connectivity index is 1.66. The highest BCUT2D eigenvalue weighted by Crippen LogP contribution is 2.32. The molecule has 0 saturated carbocycles. The number of nitrogens with one attached hydrogen (secondary N) is 2. The normalized spacial score (nSPS) is 11.2. The number of halogens is 3. The first kappa shape index (κ1) is 18.8. The molecule has 2 aromatic carbocycles. The maximum Gasteiger partial charge on any atom is 0.254 e. The first-order valence-electron chi connectivity index (χ1n) is 8.95. The molecule has 0 bridgehead atoms. The van der Waals surface area contributed by atoms with Crippen LogP contribution in [-0.2, 0) is 13.5 Å². The van der Waals surface area contributed by atoms with Crippen LogP contribution in [0, 0.1) is 17.5 Å². The molecule has 148 valence electrons. The van der Waals surface area contributed by atoms with Gasteiger partial charge in [-0.2, -0.15) is 5.10 Å². The van der Waals surface area contributed by atoms with Gasteiger partial charge < -0.3 is 10.3 Å². The molecule has 2 N–H and O–H groups in total. The van der Waals surface area contributed by atoms with Crippen molar-refractivity contribution in [2.24, 2.45) is 7.05 Å². The number of carbonyl (C=O) groups excluding carboxylic acids is 1. The summed E-state index contributed by atoms with van der Waals surface area (Å²) in [4.78, 5) is 15.2. The van der Waals surface area contributed by atoms with Gasteiger partial charge in [0, 0.05) is 36.9 Å². The number of carbonyl (C=O) groups is 1. The standard InChI is InChI=1S/C21H17F3N4O/c1-28-11-13(10-26-28)21(29)25-7-6-16-17-8-15(23)9-18(24)20(17)27-19(16)12-2-4-14(22)5-3-12/h2-5,8-11,27H,6-7H2,1H3,(H,25,29). The highest BCUT2D eigenvalue weighted by Gasteiger charge is 2.17. The van der Waals surface area contributed by atoms with Crippen molar-refractivity contribution in [3.05, 3.63) is 77.4 Å². The minimum absolute atomic E-state index is 0.166. The van der Waals surface area contributed by atoms with Crippen molar-refractivity contribution in [2.45, 2.75) is 6.42 Å². The van der Waals surface area contributed by atoms with Crippen LogP contribution in [0.4, 0.5) is 13.2 Å². The minimum atomic E-state index is -0.714. The lowest BCUT2D eigenvalue weighted by Gasteiger charge is -2.07. The molecule has 1 amide bonds. The van der Waals surface area contributed by atoms with Gasteiger partial charge in [-0.3, -0.25) is 9.48 Å². The second-order valence-electron chi connectivity index (χ2n) is 6.70. The molecule has 29 heavy (non-hydrogen) atoms. The Morgan fingerprint density at radius 1 is 1.14 bits per heavy atom. The number of fused-ring (bicyclic) bond motifs is 1. The van der Waals surface area contributed by atoms with Crippen molar-refractivity contribution < 1.29 is 18.0 Å². The van der Waals surface area contributed by atoms with Gasteiger partial charge in [0.05, 0.1) is 17.3 Å². The third-order valence-electron chi connectivity index (χ3n) is 4.69. The van der Waals surface area contributed by atoms with Crippen molar-refractivity contribution in [3.8, 4) is 11.3 Å². The highest BCUT2D eigenvalue weighted by molar-refractivity contribution is 5.94. The number of hydrogen-bond acceptors (Lipinski definition) is 2. The van der Waals surface area contributed by atoms with Crippen LogP contribution in [0.15, 0.2) is 48.8 Å². The van der Waals surface area contributed by atoms with Crippen LogP contribution in [0.25, 0.3) is 22.2 Å². The third kappa shape index (κ3) is 3.73. The molecule has 0 unspecified atom stereocenters. The van der Waals surface area contributed by atoms with Crippen LogP contribution in [-0.4, -0.2) is 27.2 Å². The van der Waals surface area contributed by atoms with Crippen LogP contribution < -0.4 is 5.32 Å². The maximum absolute atomic E-state index is 14.3. The number of benzene rings is 2. The van der Waals surface area contributed by atoms with Crippen molar-refractivity contribution in [2.75, 3.05) is 6.54 Å². The molecule has 0 aliphatic heterocycles. The summed E-state index contributed by atoms with van der Waals surface area (Å²) in [5.74, 6) is -2.10. The fourth-order valence-corrected chi connectivity index (χ4v) is 3.34. The Morgan fingerprint density at radius 2 is 1.90 bits per heavy atom. The summed E-state index contributed by atoms with van der Waals surface area (Å²) in [6, 6.07) is 7.77. The van der Waals surface area contributed by atoms with E-state index in [1.165, 1.54) is 29.1 Å². The lowest BCUT2D eigenvalue weighted by atomic mass is 10.0. The largest absolute Gasteiger partial charge is 0.352 e. The SMILES string of the molecule is Cn1cc(C(=O)NCCc2c(-c3ccc(F)cc3)[nH]c3c(F)cc(F)cc23)cn1. The molecule has 0 radical (unpaired) electrons. The Kier molecular flexibility index (Phi) is 4.84. The van der Waals surface area contributed by atoms with Gasteiger partial charge in [0.2, 0.25) is 0 Å². The number of aromatic amines is 1. The lowest BCUT2D eigenvalue weighted by Crippen LogP contribution is -2.25. The zero-order valence-corrected chi connectivity index (χ0v) is 15.5. The van der Waals surface area contributed by atoms with E-state index in [-0.39, 0.29) is 18.0 Å². The van der Waals surface area contributed by atoms with Gasteiger partial charge in [0.25, 0.3) is 5.91 Å². The van der Waals surface area contributed by atoms with Gasteiger partial charge in [-0.05, 0) is 47.9 Å². The third-order valence-corrected chi connectivity index (χ3v) is 4.69. The van der Waals surface area contributed by atoms with E-state index in [0.717, 1.165) is 6.07 Å². The van der Waals surface area contributed by atoms with E-state index in [4.69, 9.17) is 0 Å². The molecule has 8 heteroatoms. The summed E-state index contributed by atoms with van der Waals surface area (Å²) in [7, 11) is 1.71. The number of hydrogen-bond donors (Lipinski definition) is 2. The molecular weight excluding hydrogens is 381 g/mol. The van der Waals surface area contributed by atoms with Crippen molar-refractivity contribution in [1.82, 2.24) is 20.1 Å². The highest BCUT2D eigenvalue weighted by atomic mass is 19.1. The minimum Gasteiger partial charge on any atom is -0.352 e. The molecule has 2 aromatic heterocycles. The summed E-state index contributed by atoms with van der Waals surface area (Å²) >= 11 is 0. The topological polar surface area (TPSA) is 62.7 Å². The van der Waals surface area contributed by atoms with Crippen LogP contribution in [0.3, 0.4) is 0 Å². The van der Waals surface area contributed by atoms with Crippen molar-refractivity contribution in [3.63, 3.8) is 0 Å². The molecule has 4 rings (SSSR count). The number of nitrogens with zero attached hydrogens (tertiary/aromatic N) is 2. The van der Waals surface area contributed by atoms with E-state index < -0.39 is 17.5 Å². The van der Waals surface area contributed by atoms with Gasteiger partial charge >= 0.3 is 0 Å². The van der Waals surface area contributed by atoms with Gasteiger partial charge in [-0.25, -0.2) is 13.2 Å². The maximum atomic E-state index is 14.3. The summed E-state index contributed by atoms with van der Waals surface area (Å²) in [6.07, 6.45) is 3.37. The molecule has 2 heterocycles. The van der Waals surface area contributed by atoms with Crippen LogP contribution in [0.5, 0.6) is 0 Å². The second-order valence-corrected chi connectivity index (χ2v) is 6.70. The van der Waals surface area contributed by atoms with E-state index in [9.17, 15) is 18.0 Å². The fraction of sp³-hybridized carbons (Fsp3) is 0.143. The summed E-state index contributed by atoms with van der Waals surface area (Å²) < 4.78 is 42.9. The summed E-state index contributed by atoms with van der Waals surface area (Å²) in [5.41, 5.74) is 2.41. The van der Waals surface area contributed by atoms with E-state index in [2.05, 4.69) is 15.4 Å². The van der Waals surface area contributed by atoms with E-state index in [0.29, 0.717) is 34.2 Å². The first-order valence-corrected chi connectivity index (χ1v) is 8.95. The van der Waals surface area contributed by atoms with Crippen LogP contribution >= 0.6 is 0 Å². The predicted octanol–water partition coefficient (Wildman–Crippen LogP) is 3.96. The van der Waals surface area contributed by atoms with Crippen LogP contribution in [0.2, 0.25) is 0 Å². The van der Waals surface area contributed by atoms with Gasteiger partial charge in [-0.1, -0.05) is 0 Å². The lowest BCUT2D eigenvalue weighted by molar-refractivity contribution is 0.0954. The molecule has 0 spiro atoms. The van der Waals surface area contributed by atoms with Crippen molar-refractivity contribution >= 4 is 16.8 Å². The number of aromatic nitrogens is 3. The number of aryl methyl sites for hydroxylation is 1. The molecule has 4 aromatic rings. The Hall–Kier alpha value is -3.55. The smallest absolute Gasteiger partial charge is 0.254 e. The number of rotatable bonds is 5. The summed E-state index contributed by atoms with van der Waals surface area (Å²) in [5, 5.41) is 7.12.